The van der Waals surface area contributed by atoms with Gasteiger partial charge in [0.25, 0.3) is 0 Å². The highest BCUT2D eigenvalue weighted by Gasteiger charge is 2.10. The van der Waals surface area contributed by atoms with Crippen LogP contribution in [0.4, 0.5) is 5.82 Å². The van der Waals surface area contributed by atoms with Crippen LogP contribution in [0.1, 0.15) is 49.2 Å². The Morgan fingerprint density at radius 1 is 1.50 bits per heavy atom. The van der Waals surface area contributed by atoms with Crippen molar-refractivity contribution in [1.82, 2.24) is 4.98 Å². The number of carboxylic acids is 1. The molecule has 0 amide bonds. The lowest BCUT2D eigenvalue weighted by molar-refractivity contribution is 0.0696. The molecule has 0 saturated heterocycles. The van der Waals surface area contributed by atoms with E-state index >= 15 is 0 Å². The van der Waals surface area contributed by atoms with Crippen molar-refractivity contribution in [2.24, 2.45) is 0 Å². The summed E-state index contributed by atoms with van der Waals surface area (Å²) >= 11 is 0. The number of carbonyl (C=O) groups is 1. The van der Waals surface area contributed by atoms with Crippen LogP contribution in [0.2, 0.25) is 0 Å². The first kappa shape index (κ1) is 14.0. The van der Waals surface area contributed by atoms with Crippen molar-refractivity contribution in [3.63, 3.8) is 0 Å². The number of aromatic carboxylic acids is 1. The molecule has 0 aliphatic carbocycles. The zero-order valence-electron chi connectivity index (χ0n) is 10.9. The highest BCUT2D eigenvalue weighted by molar-refractivity contribution is 5.88. The predicted octanol–water partition coefficient (Wildman–Crippen LogP) is 2.73. The Labute approximate surface area is 107 Å². The fraction of sp³-hybridized carbons (Fsp3) is 0.429. The fourth-order valence-electron chi connectivity index (χ4n) is 1.44. The molecular formula is C14H18N2O2. The van der Waals surface area contributed by atoms with Crippen LogP contribution in [0, 0.1) is 11.8 Å². The zero-order chi connectivity index (χ0) is 13.5. The standard InChI is InChI=1S/C14H18N2O2/c1-4-5-6-7-15-13-9-11(14(17)18)8-12(16-13)10(2)3/h8-10H,6-7H2,1-3H3,(H,15,16)(H,17,18). The molecule has 0 fully saturated rings. The maximum Gasteiger partial charge on any atom is 0.335 e. The van der Waals surface area contributed by atoms with Crippen molar-refractivity contribution in [3.05, 3.63) is 23.4 Å². The summed E-state index contributed by atoms with van der Waals surface area (Å²) < 4.78 is 0. The van der Waals surface area contributed by atoms with E-state index in [1.165, 1.54) is 0 Å². The molecule has 0 spiro atoms. The molecule has 1 heterocycles. The molecule has 1 aromatic rings. The summed E-state index contributed by atoms with van der Waals surface area (Å²) in [6.07, 6.45) is 0.715. The average molecular weight is 246 g/mol. The number of rotatable bonds is 5. The van der Waals surface area contributed by atoms with Crippen molar-refractivity contribution in [3.8, 4) is 11.8 Å². The minimum atomic E-state index is -0.935. The van der Waals surface area contributed by atoms with E-state index in [0.29, 0.717) is 18.8 Å². The zero-order valence-corrected chi connectivity index (χ0v) is 10.9. The second-order valence-electron chi connectivity index (χ2n) is 4.23. The molecule has 4 heteroatoms. The molecule has 0 radical (unpaired) electrons. The van der Waals surface area contributed by atoms with Crippen molar-refractivity contribution in [2.75, 3.05) is 11.9 Å². The van der Waals surface area contributed by atoms with Gasteiger partial charge in [-0.2, -0.15) is 0 Å². The molecule has 18 heavy (non-hydrogen) atoms. The van der Waals surface area contributed by atoms with E-state index in [4.69, 9.17) is 5.11 Å². The molecule has 0 saturated carbocycles. The van der Waals surface area contributed by atoms with Crippen LogP contribution in [0.15, 0.2) is 12.1 Å². The van der Waals surface area contributed by atoms with E-state index in [-0.39, 0.29) is 11.5 Å². The van der Waals surface area contributed by atoms with Crippen LogP contribution in [0.5, 0.6) is 0 Å². The summed E-state index contributed by atoms with van der Waals surface area (Å²) in [5, 5.41) is 12.1. The summed E-state index contributed by atoms with van der Waals surface area (Å²) in [5.41, 5.74) is 1.04. The lowest BCUT2D eigenvalue weighted by Crippen LogP contribution is -2.08. The van der Waals surface area contributed by atoms with E-state index in [9.17, 15) is 4.79 Å². The summed E-state index contributed by atoms with van der Waals surface area (Å²) in [4.78, 5) is 15.4. The smallest absolute Gasteiger partial charge is 0.335 e. The van der Waals surface area contributed by atoms with Gasteiger partial charge in [-0.05, 0) is 25.0 Å². The molecule has 0 unspecified atom stereocenters. The predicted molar refractivity (Wildman–Crippen MR) is 71.8 cm³/mol. The van der Waals surface area contributed by atoms with Gasteiger partial charge < -0.3 is 10.4 Å². The minimum Gasteiger partial charge on any atom is -0.478 e. The van der Waals surface area contributed by atoms with Gasteiger partial charge in [-0.1, -0.05) is 13.8 Å². The average Bonchev–Trinajstić information content (AvgIpc) is 2.34. The molecule has 4 nitrogen and oxygen atoms in total. The van der Waals surface area contributed by atoms with E-state index in [0.717, 1.165) is 5.69 Å². The number of hydrogen-bond donors (Lipinski definition) is 2. The van der Waals surface area contributed by atoms with E-state index in [2.05, 4.69) is 22.1 Å². The van der Waals surface area contributed by atoms with Gasteiger partial charge in [0.05, 0.1) is 5.56 Å². The first-order chi connectivity index (χ1) is 8.54. The third kappa shape index (κ3) is 4.10. The van der Waals surface area contributed by atoms with Gasteiger partial charge in [-0.3, -0.25) is 0 Å². The maximum absolute atomic E-state index is 11.0. The molecule has 2 N–H and O–H groups in total. The first-order valence-corrected chi connectivity index (χ1v) is 5.93. The molecule has 0 aliphatic rings. The molecule has 0 aromatic carbocycles. The van der Waals surface area contributed by atoms with Crippen LogP contribution >= 0.6 is 0 Å². The van der Waals surface area contributed by atoms with E-state index in [1.807, 2.05) is 13.8 Å². The number of aromatic nitrogens is 1. The molecule has 0 atom stereocenters. The Morgan fingerprint density at radius 3 is 2.78 bits per heavy atom. The Hall–Kier alpha value is -2.02. The number of nitrogens with zero attached hydrogens (tertiary/aromatic N) is 1. The topological polar surface area (TPSA) is 62.2 Å². The van der Waals surface area contributed by atoms with Crippen LogP contribution < -0.4 is 5.32 Å². The van der Waals surface area contributed by atoms with Crippen molar-refractivity contribution in [2.45, 2.75) is 33.1 Å². The van der Waals surface area contributed by atoms with Gasteiger partial charge in [0.1, 0.15) is 5.82 Å². The van der Waals surface area contributed by atoms with Gasteiger partial charge in [-0.15, -0.1) is 11.8 Å². The molecule has 96 valence electrons. The number of pyridine rings is 1. The number of anilines is 1. The molecule has 1 rings (SSSR count). The summed E-state index contributed by atoms with van der Waals surface area (Å²) in [6, 6.07) is 3.16. The van der Waals surface area contributed by atoms with E-state index < -0.39 is 5.97 Å². The third-order valence-corrected chi connectivity index (χ3v) is 2.42. The van der Waals surface area contributed by atoms with Crippen LogP contribution in [0.3, 0.4) is 0 Å². The van der Waals surface area contributed by atoms with Gasteiger partial charge in [0.2, 0.25) is 0 Å². The Kier molecular flexibility index (Phi) is 5.19. The third-order valence-electron chi connectivity index (χ3n) is 2.42. The van der Waals surface area contributed by atoms with Crippen LogP contribution in [-0.2, 0) is 0 Å². The monoisotopic (exact) mass is 246 g/mol. The lowest BCUT2D eigenvalue weighted by atomic mass is 10.1. The highest BCUT2D eigenvalue weighted by Crippen LogP contribution is 2.17. The molecule has 1 aromatic heterocycles. The molecular weight excluding hydrogens is 228 g/mol. The number of carboxylic acid groups (broad SMARTS) is 1. The van der Waals surface area contributed by atoms with Crippen molar-refractivity contribution >= 4 is 11.8 Å². The van der Waals surface area contributed by atoms with Crippen molar-refractivity contribution in [1.29, 1.82) is 0 Å². The minimum absolute atomic E-state index is 0.195. The van der Waals surface area contributed by atoms with Crippen LogP contribution in [0.25, 0.3) is 0 Å². The maximum atomic E-state index is 11.0. The Bertz CT molecular complexity index is 484. The largest absolute Gasteiger partial charge is 0.478 e. The summed E-state index contributed by atoms with van der Waals surface area (Å²) in [6.45, 7) is 6.43. The SMILES string of the molecule is CC#CCCNc1cc(C(=O)O)cc(C(C)C)n1. The number of hydrogen-bond acceptors (Lipinski definition) is 3. The van der Waals surface area contributed by atoms with Gasteiger partial charge in [0, 0.05) is 18.7 Å². The Balaban J connectivity index is 2.88. The van der Waals surface area contributed by atoms with Gasteiger partial charge in [-0.25, -0.2) is 9.78 Å². The second kappa shape index (κ2) is 6.65. The Morgan fingerprint density at radius 2 is 2.22 bits per heavy atom. The normalized spacial score (nSPS) is 9.78. The quantitative estimate of drug-likeness (QED) is 0.619. The summed E-state index contributed by atoms with van der Waals surface area (Å²) in [5.74, 6) is 5.60. The lowest BCUT2D eigenvalue weighted by Gasteiger charge is -2.10. The highest BCUT2D eigenvalue weighted by atomic mass is 16.4. The first-order valence-electron chi connectivity index (χ1n) is 5.93. The van der Waals surface area contributed by atoms with Gasteiger partial charge in [0.15, 0.2) is 0 Å². The number of nitrogens with one attached hydrogen (secondary N) is 1. The second-order valence-corrected chi connectivity index (χ2v) is 4.23. The molecule has 0 bridgehead atoms. The van der Waals surface area contributed by atoms with Gasteiger partial charge >= 0.3 is 5.97 Å². The molecule has 0 aliphatic heterocycles. The summed E-state index contributed by atoms with van der Waals surface area (Å²) in [7, 11) is 0. The van der Waals surface area contributed by atoms with Crippen molar-refractivity contribution < 1.29 is 9.90 Å². The van der Waals surface area contributed by atoms with Crippen LogP contribution in [-0.4, -0.2) is 22.6 Å². The fourth-order valence-corrected chi connectivity index (χ4v) is 1.44. The van der Waals surface area contributed by atoms with E-state index in [1.54, 1.807) is 19.1 Å².